The van der Waals surface area contributed by atoms with Crippen LogP contribution in [-0.2, 0) is 33.6 Å². The first-order valence-electron chi connectivity index (χ1n) is 11.0. The Labute approximate surface area is 202 Å². The molecule has 6 atom stereocenters. The third-order valence-corrected chi connectivity index (χ3v) is 5.12. The number of hydrogen-bond acceptors (Lipinski definition) is 8. The summed E-state index contributed by atoms with van der Waals surface area (Å²) in [7, 11) is 0. The van der Waals surface area contributed by atoms with Gasteiger partial charge in [-0.2, -0.15) is 0 Å². The number of primary amides is 1. The molecule has 0 aromatic heterocycles. The van der Waals surface area contributed by atoms with E-state index in [2.05, 4.69) is 21.3 Å². The van der Waals surface area contributed by atoms with Gasteiger partial charge in [0.25, 0.3) is 0 Å². The molecular weight excluding hydrogens is 466 g/mol. The van der Waals surface area contributed by atoms with E-state index in [1.54, 1.807) is 13.8 Å². The lowest BCUT2D eigenvalue weighted by atomic mass is 9.97. The number of nitrogens with two attached hydrogens (primary N) is 1. The highest BCUT2D eigenvalue weighted by Gasteiger charge is 2.33. The normalized spacial score (nSPS) is 15.8. The van der Waals surface area contributed by atoms with E-state index in [1.165, 1.54) is 13.8 Å². The van der Waals surface area contributed by atoms with Crippen LogP contribution < -0.4 is 27.0 Å². The predicted octanol–water partition coefficient (Wildman–Crippen LogP) is -2.69. The molecule has 0 aliphatic heterocycles. The van der Waals surface area contributed by atoms with Gasteiger partial charge in [0, 0.05) is 13.3 Å². The van der Waals surface area contributed by atoms with Crippen LogP contribution in [-0.4, -0.2) is 82.3 Å². The number of carbonyl (C=O) groups is 7. The van der Waals surface area contributed by atoms with Crippen molar-refractivity contribution in [3.05, 3.63) is 0 Å². The molecule has 8 N–H and O–H groups in total. The lowest BCUT2D eigenvalue weighted by Gasteiger charge is -2.28. The van der Waals surface area contributed by atoms with Crippen LogP contribution in [0.5, 0.6) is 0 Å². The smallest absolute Gasteiger partial charge is 0.305 e. The molecule has 0 saturated carbocycles. The maximum Gasteiger partial charge on any atom is 0.305 e. The van der Waals surface area contributed by atoms with Crippen LogP contribution in [0.2, 0.25) is 0 Å². The number of hydrogen-bond donors (Lipinski definition) is 7. The van der Waals surface area contributed by atoms with E-state index in [1.807, 2.05) is 0 Å². The maximum absolute atomic E-state index is 12.9. The van der Waals surface area contributed by atoms with Gasteiger partial charge in [0.05, 0.1) is 18.6 Å². The van der Waals surface area contributed by atoms with E-state index in [0.717, 1.165) is 0 Å². The van der Waals surface area contributed by atoms with Gasteiger partial charge in [0.15, 0.2) is 0 Å². The zero-order chi connectivity index (χ0) is 27.3. The van der Waals surface area contributed by atoms with E-state index >= 15 is 0 Å². The van der Waals surface area contributed by atoms with Gasteiger partial charge in [-0.25, -0.2) is 0 Å². The van der Waals surface area contributed by atoms with Crippen molar-refractivity contribution < 1.29 is 43.8 Å². The van der Waals surface area contributed by atoms with Gasteiger partial charge in [-0.1, -0.05) is 20.3 Å². The highest BCUT2D eigenvalue weighted by molar-refractivity contribution is 5.95. The van der Waals surface area contributed by atoms with Crippen LogP contribution in [0.3, 0.4) is 0 Å². The van der Waals surface area contributed by atoms with Gasteiger partial charge in [0.2, 0.25) is 29.5 Å². The Bertz CT molecular complexity index is 802. The van der Waals surface area contributed by atoms with Gasteiger partial charge < -0.3 is 42.0 Å². The molecule has 0 heterocycles. The zero-order valence-corrected chi connectivity index (χ0v) is 20.2. The monoisotopic (exact) mass is 501 g/mol. The number of carboxylic acid groups (broad SMARTS) is 1. The second-order valence-electron chi connectivity index (χ2n) is 8.21. The van der Waals surface area contributed by atoms with Crippen molar-refractivity contribution in [3.8, 4) is 0 Å². The Morgan fingerprint density at radius 2 is 1.49 bits per heavy atom. The molecule has 0 bridgehead atoms. The number of carboxylic acids is 1. The van der Waals surface area contributed by atoms with E-state index in [4.69, 9.17) is 10.8 Å². The fourth-order valence-corrected chi connectivity index (χ4v) is 2.99. The highest BCUT2D eigenvalue weighted by atomic mass is 16.4. The molecule has 0 rings (SSSR count). The van der Waals surface area contributed by atoms with E-state index < -0.39 is 72.2 Å². The molecule has 5 amide bonds. The van der Waals surface area contributed by atoms with Crippen molar-refractivity contribution >= 4 is 41.8 Å². The molecular formula is C21H35N5O9. The van der Waals surface area contributed by atoms with E-state index in [0.29, 0.717) is 6.42 Å². The van der Waals surface area contributed by atoms with Crippen LogP contribution in [0, 0.1) is 5.92 Å². The minimum Gasteiger partial charge on any atom is -0.481 e. The summed E-state index contributed by atoms with van der Waals surface area (Å²) in [6, 6.07) is -5.38. The van der Waals surface area contributed by atoms with Crippen molar-refractivity contribution in [1.29, 1.82) is 0 Å². The largest absolute Gasteiger partial charge is 0.481 e. The first-order valence-corrected chi connectivity index (χ1v) is 11.0. The minimum absolute atomic E-state index is 0.194. The molecule has 0 saturated heterocycles. The zero-order valence-electron chi connectivity index (χ0n) is 20.2. The number of aldehydes is 1. The molecule has 0 aromatic carbocycles. The number of rotatable bonds is 16. The summed E-state index contributed by atoms with van der Waals surface area (Å²) < 4.78 is 0. The highest BCUT2D eigenvalue weighted by Crippen LogP contribution is 2.10. The Balaban J connectivity index is 5.69. The van der Waals surface area contributed by atoms with Gasteiger partial charge in [-0.15, -0.1) is 0 Å². The van der Waals surface area contributed by atoms with Crippen LogP contribution in [0.15, 0.2) is 0 Å². The molecule has 14 heteroatoms. The van der Waals surface area contributed by atoms with Crippen LogP contribution in [0.4, 0.5) is 0 Å². The number of aliphatic hydroxyl groups is 1. The molecule has 0 fully saturated rings. The summed E-state index contributed by atoms with van der Waals surface area (Å²) in [5.74, 6) is -5.59. The topological polar surface area (TPSA) is 234 Å². The fraction of sp³-hybridized carbons (Fsp3) is 0.667. The second kappa shape index (κ2) is 15.4. The molecule has 198 valence electrons. The molecule has 14 nitrogen and oxygen atoms in total. The van der Waals surface area contributed by atoms with Crippen LogP contribution in [0.1, 0.15) is 53.4 Å². The standard InChI is InChI=1S/C21H35N5O9/c1-5-10(2)17(23-12(4)29)20(34)25-14(6-7-15(22)30)19(33)26-18(11(3)28)21(35)24-13(9-27)8-16(31)32/h9-11,13-14,17-18,28H,5-8H2,1-4H3,(H2,22,30)(H,23,29)(H,24,35)(H,25,34)(H,26,33)(H,31,32)/t10-,11+,13-,14-,17-,18-/m0/s1. The molecule has 35 heavy (non-hydrogen) atoms. The molecule has 0 aromatic rings. The second-order valence-corrected chi connectivity index (χ2v) is 8.21. The van der Waals surface area contributed by atoms with Gasteiger partial charge in [-0.3, -0.25) is 28.8 Å². The molecule has 0 spiro atoms. The average Bonchev–Trinajstić information content (AvgIpc) is 2.76. The Morgan fingerprint density at radius 1 is 0.914 bits per heavy atom. The van der Waals surface area contributed by atoms with Crippen molar-refractivity contribution in [1.82, 2.24) is 21.3 Å². The number of carbonyl (C=O) groups excluding carboxylic acids is 6. The lowest BCUT2D eigenvalue weighted by molar-refractivity contribution is -0.139. The first-order chi connectivity index (χ1) is 16.2. The summed E-state index contributed by atoms with van der Waals surface area (Å²) in [6.07, 6.45) is -2.02. The summed E-state index contributed by atoms with van der Waals surface area (Å²) in [5.41, 5.74) is 5.15. The average molecular weight is 502 g/mol. The van der Waals surface area contributed by atoms with Crippen molar-refractivity contribution in [2.24, 2.45) is 11.7 Å². The summed E-state index contributed by atoms with van der Waals surface area (Å²) in [5, 5.41) is 28.1. The van der Waals surface area contributed by atoms with E-state index in [-0.39, 0.29) is 25.0 Å². The maximum atomic E-state index is 12.9. The quantitative estimate of drug-likeness (QED) is 0.109. The van der Waals surface area contributed by atoms with Crippen LogP contribution in [0.25, 0.3) is 0 Å². The van der Waals surface area contributed by atoms with Gasteiger partial charge in [0.1, 0.15) is 24.4 Å². The number of amides is 5. The van der Waals surface area contributed by atoms with E-state index in [9.17, 15) is 38.7 Å². The lowest BCUT2D eigenvalue weighted by Crippen LogP contribution is -2.60. The van der Waals surface area contributed by atoms with Crippen LogP contribution >= 0.6 is 0 Å². The molecule has 0 aliphatic rings. The number of aliphatic hydroxyl groups excluding tert-OH is 1. The Kier molecular flexibility index (Phi) is 13.8. The van der Waals surface area contributed by atoms with Crippen molar-refractivity contribution in [3.63, 3.8) is 0 Å². The summed E-state index contributed by atoms with van der Waals surface area (Å²) >= 11 is 0. The number of nitrogens with one attached hydrogen (secondary N) is 4. The fourth-order valence-electron chi connectivity index (χ4n) is 2.99. The molecule has 0 unspecified atom stereocenters. The Morgan fingerprint density at radius 3 is 1.91 bits per heavy atom. The summed E-state index contributed by atoms with van der Waals surface area (Å²) in [4.78, 5) is 82.9. The first kappa shape index (κ1) is 31.4. The summed E-state index contributed by atoms with van der Waals surface area (Å²) in [6.45, 7) is 5.91. The minimum atomic E-state index is -1.62. The molecule has 0 aliphatic carbocycles. The SMILES string of the molecule is CC[C@H](C)[C@H](NC(C)=O)C(=O)N[C@@H](CCC(N)=O)C(=O)N[C@H](C(=O)N[C@H](C=O)CC(=O)O)[C@@H](C)O. The van der Waals surface area contributed by atoms with Crippen molar-refractivity contribution in [2.45, 2.75) is 83.6 Å². The third kappa shape index (κ3) is 11.9. The third-order valence-electron chi connectivity index (χ3n) is 5.12. The number of aliphatic carboxylic acids is 1. The predicted molar refractivity (Wildman–Crippen MR) is 121 cm³/mol. The van der Waals surface area contributed by atoms with Crippen molar-refractivity contribution in [2.75, 3.05) is 0 Å². The van der Waals surface area contributed by atoms with Gasteiger partial charge in [-0.05, 0) is 19.3 Å². The van der Waals surface area contributed by atoms with Gasteiger partial charge >= 0.3 is 5.97 Å². The molecule has 0 radical (unpaired) electrons. The Hall–Kier alpha value is -3.55.